The number of rotatable bonds is 7. The lowest BCUT2D eigenvalue weighted by atomic mass is 10.2. The molecular weight excluding hydrogens is 198 g/mol. The zero-order chi connectivity index (χ0) is 11.6. The molecule has 0 amide bonds. The normalized spacial score (nSPS) is 10.9. The topological polar surface area (TPSA) is 21.3 Å². The third-order valence-corrected chi connectivity index (χ3v) is 2.34. The number of unbranched alkanes of at least 4 members (excludes halogenated alkanes) is 1. The number of nitrogens with one attached hydrogen (secondary N) is 1. The molecule has 2 nitrogen and oxygen atoms in total. The second-order valence-electron chi connectivity index (χ2n) is 3.70. The lowest BCUT2D eigenvalue weighted by Crippen LogP contribution is -2.09. The van der Waals surface area contributed by atoms with Gasteiger partial charge in [0.05, 0.1) is 6.61 Å². The van der Waals surface area contributed by atoms with Crippen LogP contribution < -0.4 is 10.1 Å². The minimum Gasteiger partial charge on any atom is -0.493 e. The first-order valence-corrected chi connectivity index (χ1v) is 5.87. The van der Waals surface area contributed by atoms with Gasteiger partial charge in [0.25, 0.3) is 0 Å². The summed E-state index contributed by atoms with van der Waals surface area (Å²) in [6, 6.07) is 8.13. The van der Waals surface area contributed by atoms with Crippen LogP contribution in [0, 0.1) is 0 Å². The Kier molecular flexibility index (Phi) is 6.35. The molecule has 0 aliphatic carbocycles. The minimum atomic E-state index is 0.788. The van der Waals surface area contributed by atoms with Gasteiger partial charge in [0.1, 0.15) is 5.75 Å². The molecule has 1 rings (SSSR count). The molecule has 1 N–H and O–H groups in total. The fourth-order valence-corrected chi connectivity index (χ4v) is 1.52. The van der Waals surface area contributed by atoms with Crippen molar-refractivity contribution in [1.29, 1.82) is 0 Å². The largest absolute Gasteiger partial charge is 0.493 e. The molecule has 0 fully saturated rings. The van der Waals surface area contributed by atoms with E-state index in [0.717, 1.165) is 37.3 Å². The zero-order valence-corrected chi connectivity index (χ0v) is 10.2. The summed E-state index contributed by atoms with van der Waals surface area (Å²) in [7, 11) is 1.97. The van der Waals surface area contributed by atoms with Crippen LogP contribution in [-0.4, -0.2) is 20.2 Å². The summed E-state index contributed by atoms with van der Waals surface area (Å²) in [4.78, 5) is 0. The lowest BCUT2D eigenvalue weighted by Gasteiger charge is -2.08. The Bertz CT molecular complexity index is 320. The summed E-state index contributed by atoms with van der Waals surface area (Å²) in [5.41, 5.74) is 1.15. The second-order valence-corrected chi connectivity index (χ2v) is 3.70. The van der Waals surface area contributed by atoms with Gasteiger partial charge in [-0.3, -0.25) is 0 Å². The predicted molar refractivity (Wildman–Crippen MR) is 69.8 cm³/mol. The number of allylic oxidation sites excluding steroid dienone is 1. The van der Waals surface area contributed by atoms with Gasteiger partial charge in [-0.15, -0.1) is 0 Å². The third kappa shape index (κ3) is 4.49. The van der Waals surface area contributed by atoms with Crippen molar-refractivity contribution in [2.45, 2.75) is 19.8 Å². The SMILES string of the molecule is CC=Cc1ccccc1OCCCCNC. The molecule has 0 aliphatic heterocycles. The Morgan fingerprint density at radius 3 is 2.81 bits per heavy atom. The summed E-state index contributed by atoms with van der Waals surface area (Å²) in [5, 5.41) is 3.13. The van der Waals surface area contributed by atoms with Gasteiger partial charge in [0, 0.05) is 5.56 Å². The van der Waals surface area contributed by atoms with Crippen LogP contribution in [0.15, 0.2) is 30.3 Å². The Morgan fingerprint density at radius 1 is 1.25 bits per heavy atom. The van der Waals surface area contributed by atoms with Crippen LogP contribution in [0.5, 0.6) is 5.75 Å². The molecule has 1 aromatic rings. The molecule has 16 heavy (non-hydrogen) atoms. The van der Waals surface area contributed by atoms with Crippen LogP contribution in [0.25, 0.3) is 6.08 Å². The number of benzene rings is 1. The Hall–Kier alpha value is -1.28. The summed E-state index contributed by atoms with van der Waals surface area (Å²) in [6.45, 7) is 3.86. The van der Waals surface area contributed by atoms with Crippen LogP contribution in [0.2, 0.25) is 0 Å². The van der Waals surface area contributed by atoms with E-state index in [1.807, 2.05) is 38.2 Å². The van der Waals surface area contributed by atoms with Crippen molar-refractivity contribution in [2.24, 2.45) is 0 Å². The van der Waals surface area contributed by atoms with Crippen LogP contribution in [0.1, 0.15) is 25.3 Å². The second kappa shape index (κ2) is 7.94. The number of hydrogen-bond donors (Lipinski definition) is 1. The molecule has 2 heteroatoms. The minimum absolute atomic E-state index is 0.788. The standard InChI is InChI=1S/C14H21NO/c1-3-8-13-9-4-5-10-14(13)16-12-7-6-11-15-2/h3-5,8-10,15H,6-7,11-12H2,1-2H3. The van der Waals surface area contributed by atoms with E-state index in [-0.39, 0.29) is 0 Å². The van der Waals surface area contributed by atoms with Gasteiger partial charge < -0.3 is 10.1 Å². The highest BCUT2D eigenvalue weighted by molar-refractivity contribution is 5.56. The molecule has 0 unspecified atom stereocenters. The molecule has 0 saturated heterocycles. The monoisotopic (exact) mass is 219 g/mol. The van der Waals surface area contributed by atoms with Gasteiger partial charge >= 0.3 is 0 Å². The van der Waals surface area contributed by atoms with E-state index in [1.54, 1.807) is 0 Å². The van der Waals surface area contributed by atoms with E-state index in [9.17, 15) is 0 Å². The number of hydrogen-bond acceptors (Lipinski definition) is 2. The highest BCUT2D eigenvalue weighted by Crippen LogP contribution is 2.19. The smallest absolute Gasteiger partial charge is 0.126 e. The molecule has 0 atom stereocenters. The number of para-hydroxylation sites is 1. The van der Waals surface area contributed by atoms with E-state index >= 15 is 0 Å². The van der Waals surface area contributed by atoms with Crippen molar-refractivity contribution in [3.63, 3.8) is 0 Å². The van der Waals surface area contributed by atoms with E-state index in [2.05, 4.69) is 17.5 Å². The van der Waals surface area contributed by atoms with Gasteiger partial charge in [-0.1, -0.05) is 30.4 Å². The molecule has 0 aliphatic rings. The maximum absolute atomic E-state index is 5.76. The van der Waals surface area contributed by atoms with Crippen molar-refractivity contribution in [3.05, 3.63) is 35.9 Å². The van der Waals surface area contributed by atoms with Crippen molar-refractivity contribution in [2.75, 3.05) is 20.2 Å². The summed E-state index contributed by atoms with van der Waals surface area (Å²) >= 11 is 0. The van der Waals surface area contributed by atoms with Crippen LogP contribution in [0.3, 0.4) is 0 Å². The summed E-state index contributed by atoms with van der Waals surface area (Å²) in [5.74, 6) is 0.977. The molecule has 88 valence electrons. The van der Waals surface area contributed by atoms with E-state index < -0.39 is 0 Å². The highest BCUT2D eigenvalue weighted by atomic mass is 16.5. The number of ether oxygens (including phenoxy) is 1. The first-order valence-electron chi connectivity index (χ1n) is 5.87. The lowest BCUT2D eigenvalue weighted by molar-refractivity contribution is 0.306. The third-order valence-electron chi connectivity index (χ3n) is 2.34. The first-order chi connectivity index (χ1) is 7.88. The zero-order valence-electron chi connectivity index (χ0n) is 10.2. The molecule has 0 bridgehead atoms. The van der Waals surface area contributed by atoms with Crippen molar-refractivity contribution in [3.8, 4) is 5.75 Å². The Balaban J connectivity index is 2.40. The summed E-state index contributed by atoms with van der Waals surface area (Å²) in [6.07, 6.45) is 6.35. The average Bonchev–Trinajstić information content (AvgIpc) is 2.31. The maximum Gasteiger partial charge on any atom is 0.126 e. The predicted octanol–water partition coefficient (Wildman–Crippen LogP) is 3.10. The molecule has 0 spiro atoms. The molecular formula is C14H21NO. The molecule has 0 saturated carbocycles. The first kappa shape index (κ1) is 12.8. The highest BCUT2D eigenvalue weighted by Gasteiger charge is 1.98. The summed E-state index contributed by atoms with van der Waals surface area (Å²) < 4.78 is 5.76. The molecule has 0 heterocycles. The molecule has 0 radical (unpaired) electrons. The van der Waals surface area contributed by atoms with Crippen molar-refractivity contribution >= 4 is 6.08 Å². The van der Waals surface area contributed by atoms with Gasteiger partial charge in [0.2, 0.25) is 0 Å². The molecule has 0 aromatic heterocycles. The van der Waals surface area contributed by atoms with Gasteiger partial charge in [-0.2, -0.15) is 0 Å². The van der Waals surface area contributed by atoms with Gasteiger partial charge in [0.15, 0.2) is 0 Å². The van der Waals surface area contributed by atoms with Gasteiger partial charge in [-0.25, -0.2) is 0 Å². The van der Waals surface area contributed by atoms with Crippen molar-refractivity contribution in [1.82, 2.24) is 5.32 Å². The van der Waals surface area contributed by atoms with Crippen LogP contribution >= 0.6 is 0 Å². The fourth-order valence-electron chi connectivity index (χ4n) is 1.52. The average molecular weight is 219 g/mol. The van der Waals surface area contributed by atoms with Crippen molar-refractivity contribution < 1.29 is 4.74 Å². The Labute approximate surface area is 98.3 Å². The Morgan fingerprint density at radius 2 is 2.06 bits per heavy atom. The van der Waals surface area contributed by atoms with E-state index in [1.165, 1.54) is 0 Å². The molecule has 1 aromatic carbocycles. The maximum atomic E-state index is 5.76. The van der Waals surface area contributed by atoms with Gasteiger partial charge in [-0.05, 0) is 39.4 Å². The van der Waals surface area contributed by atoms with E-state index in [4.69, 9.17) is 4.74 Å². The fraction of sp³-hybridized carbons (Fsp3) is 0.429. The van der Waals surface area contributed by atoms with Crippen LogP contribution in [0.4, 0.5) is 0 Å². The van der Waals surface area contributed by atoms with E-state index in [0.29, 0.717) is 0 Å². The quantitative estimate of drug-likeness (QED) is 0.711. The van der Waals surface area contributed by atoms with Crippen LogP contribution in [-0.2, 0) is 0 Å².